The summed E-state index contributed by atoms with van der Waals surface area (Å²) in [5.41, 5.74) is 9.63. The summed E-state index contributed by atoms with van der Waals surface area (Å²) in [4.78, 5) is 2.46. The molecule has 0 aliphatic heterocycles. The largest absolute Gasteiger partial charge is 0.454 e. The third kappa shape index (κ3) is 4.71. The van der Waals surface area contributed by atoms with Crippen molar-refractivity contribution in [3.63, 3.8) is 0 Å². The van der Waals surface area contributed by atoms with E-state index in [-0.39, 0.29) is 0 Å². The molecule has 2 heterocycles. The summed E-state index contributed by atoms with van der Waals surface area (Å²) in [7, 11) is 0. The molecule has 0 saturated heterocycles. The third-order valence-electron chi connectivity index (χ3n) is 10.7. The van der Waals surface area contributed by atoms with E-state index in [0.29, 0.717) is 0 Å². The Morgan fingerprint density at radius 2 is 1.04 bits per heavy atom. The fraction of sp³-hybridized carbons (Fsp3) is 0. The fourth-order valence-corrected chi connectivity index (χ4v) is 9.45. The first-order valence-corrected chi connectivity index (χ1v) is 18.8. The maximum absolute atomic E-state index is 6.81. The van der Waals surface area contributed by atoms with Gasteiger partial charge in [-0.25, -0.2) is 0 Å². The molecule has 248 valence electrons. The van der Waals surface area contributed by atoms with Crippen molar-refractivity contribution in [2.45, 2.75) is 0 Å². The Labute approximate surface area is 310 Å². The number of anilines is 3. The quantitative estimate of drug-likeness (QED) is 0.167. The van der Waals surface area contributed by atoms with E-state index in [0.717, 1.165) is 55.7 Å². The van der Waals surface area contributed by atoms with Crippen molar-refractivity contribution in [1.82, 2.24) is 0 Å². The molecule has 0 bridgehead atoms. The number of furan rings is 1. The number of rotatable bonds is 5. The molecular weight excluding hydrogens is 663 g/mol. The van der Waals surface area contributed by atoms with Crippen molar-refractivity contribution in [2.24, 2.45) is 0 Å². The summed E-state index contributed by atoms with van der Waals surface area (Å²) < 4.78 is 9.32. The highest BCUT2D eigenvalue weighted by atomic mass is 32.1. The molecular formula is C50H31NOS. The molecule has 0 aliphatic carbocycles. The minimum absolute atomic E-state index is 0.868. The van der Waals surface area contributed by atoms with E-state index in [9.17, 15) is 0 Å². The smallest absolute Gasteiger partial charge is 0.159 e. The topological polar surface area (TPSA) is 16.4 Å². The highest BCUT2D eigenvalue weighted by Crippen LogP contribution is 2.50. The molecule has 0 unspecified atom stereocenters. The summed E-state index contributed by atoms with van der Waals surface area (Å²) in [5, 5.41) is 9.74. The maximum Gasteiger partial charge on any atom is 0.159 e. The van der Waals surface area contributed by atoms with Crippen LogP contribution >= 0.6 is 11.3 Å². The van der Waals surface area contributed by atoms with E-state index in [1.807, 2.05) is 17.4 Å². The van der Waals surface area contributed by atoms with Crippen LogP contribution in [-0.4, -0.2) is 0 Å². The number of thiophene rings is 1. The van der Waals surface area contributed by atoms with Gasteiger partial charge in [0.25, 0.3) is 0 Å². The van der Waals surface area contributed by atoms with Gasteiger partial charge in [0, 0.05) is 31.8 Å². The second-order valence-corrected chi connectivity index (χ2v) is 14.7. The van der Waals surface area contributed by atoms with Crippen LogP contribution in [0.15, 0.2) is 192 Å². The van der Waals surface area contributed by atoms with Crippen molar-refractivity contribution >= 4 is 92.1 Å². The minimum atomic E-state index is 0.868. The zero-order valence-electron chi connectivity index (χ0n) is 28.7. The molecule has 9 aromatic carbocycles. The van der Waals surface area contributed by atoms with Crippen molar-refractivity contribution in [3.05, 3.63) is 188 Å². The fourth-order valence-electron chi connectivity index (χ4n) is 8.25. The normalized spacial score (nSPS) is 11.8. The number of nitrogens with zero attached hydrogens (tertiary/aromatic N) is 1. The average Bonchev–Trinajstić information content (AvgIpc) is 3.81. The molecule has 2 aromatic heterocycles. The lowest BCUT2D eigenvalue weighted by Gasteiger charge is -2.29. The molecule has 0 radical (unpaired) electrons. The van der Waals surface area contributed by atoms with E-state index in [4.69, 9.17) is 4.42 Å². The first-order valence-electron chi connectivity index (χ1n) is 18.0. The van der Waals surface area contributed by atoms with Crippen LogP contribution in [0.1, 0.15) is 0 Å². The van der Waals surface area contributed by atoms with Crippen LogP contribution in [0.5, 0.6) is 0 Å². The van der Waals surface area contributed by atoms with Crippen molar-refractivity contribution < 1.29 is 4.42 Å². The monoisotopic (exact) mass is 693 g/mol. The number of para-hydroxylation sites is 2. The van der Waals surface area contributed by atoms with E-state index in [2.05, 4.69) is 187 Å². The lowest BCUT2D eigenvalue weighted by Crippen LogP contribution is -2.12. The molecule has 0 aliphatic rings. The predicted octanol–water partition coefficient (Wildman–Crippen LogP) is 15.1. The van der Waals surface area contributed by atoms with Gasteiger partial charge in [-0.1, -0.05) is 152 Å². The summed E-state index contributed by atoms with van der Waals surface area (Å²) in [6, 6.07) is 68.0. The van der Waals surface area contributed by atoms with Gasteiger partial charge in [0.15, 0.2) is 5.58 Å². The minimum Gasteiger partial charge on any atom is -0.454 e. The first-order chi connectivity index (χ1) is 26.3. The SMILES string of the molecule is c1ccc(-c2ccc(-c3cc4ccccc4c4ccccc34)cc2N(c2cccc3c2oc2ccccc23)c2cccc3c2sc2ccccc23)cc1. The Morgan fingerprint density at radius 1 is 0.377 bits per heavy atom. The van der Waals surface area contributed by atoms with Gasteiger partial charge in [-0.2, -0.15) is 0 Å². The Balaban J connectivity index is 1.27. The van der Waals surface area contributed by atoms with E-state index < -0.39 is 0 Å². The molecule has 0 N–H and O–H groups in total. The van der Waals surface area contributed by atoms with Gasteiger partial charge in [0.1, 0.15) is 5.58 Å². The van der Waals surface area contributed by atoms with Gasteiger partial charge in [-0.05, 0) is 74.6 Å². The lowest BCUT2D eigenvalue weighted by atomic mass is 9.91. The van der Waals surface area contributed by atoms with Crippen LogP contribution < -0.4 is 4.90 Å². The molecule has 0 amide bonds. The highest BCUT2D eigenvalue weighted by Gasteiger charge is 2.25. The molecule has 2 nitrogen and oxygen atoms in total. The molecule has 11 rings (SSSR count). The zero-order valence-corrected chi connectivity index (χ0v) is 29.5. The first kappa shape index (κ1) is 30.0. The summed E-state index contributed by atoms with van der Waals surface area (Å²) in [6.07, 6.45) is 0. The number of hydrogen-bond donors (Lipinski definition) is 0. The summed E-state index contributed by atoms with van der Waals surface area (Å²) in [5.74, 6) is 0. The number of hydrogen-bond acceptors (Lipinski definition) is 3. The Bertz CT molecular complexity index is 3080. The van der Waals surface area contributed by atoms with Crippen molar-refractivity contribution in [2.75, 3.05) is 4.90 Å². The highest BCUT2D eigenvalue weighted by molar-refractivity contribution is 7.26. The van der Waals surface area contributed by atoms with Gasteiger partial charge >= 0.3 is 0 Å². The Morgan fingerprint density at radius 3 is 1.91 bits per heavy atom. The Kier molecular flexibility index (Phi) is 6.76. The Hall–Kier alpha value is -6.68. The second-order valence-electron chi connectivity index (χ2n) is 13.6. The third-order valence-corrected chi connectivity index (χ3v) is 11.9. The van der Waals surface area contributed by atoms with E-state index >= 15 is 0 Å². The average molecular weight is 694 g/mol. The number of fused-ring (bicyclic) bond motifs is 9. The maximum atomic E-state index is 6.81. The van der Waals surface area contributed by atoms with Crippen molar-refractivity contribution in [3.8, 4) is 22.3 Å². The molecule has 11 aromatic rings. The summed E-state index contributed by atoms with van der Waals surface area (Å²) in [6.45, 7) is 0. The number of benzene rings is 9. The van der Waals surface area contributed by atoms with Crippen LogP contribution in [0, 0.1) is 0 Å². The predicted molar refractivity (Wildman–Crippen MR) is 227 cm³/mol. The molecule has 3 heteroatoms. The molecule has 0 atom stereocenters. The molecule has 53 heavy (non-hydrogen) atoms. The van der Waals surface area contributed by atoms with Crippen LogP contribution in [0.2, 0.25) is 0 Å². The zero-order chi connectivity index (χ0) is 34.9. The van der Waals surface area contributed by atoms with Crippen LogP contribution in [0.3, 0.4) is 0 Å². The van der Waals surface area contributed by atoms with Crippen LogP contribution in [-0.2, 0) is 0 Å². The molecule has 0 spiro atoms. The van der Waals surface area contributed by atoms with Gasteiger partial charge in [0.2, 0.25) is 0 Å². The van der Waals surface area contributed by atoms with Gasteiger partial charge < -0.3 is 9.32 Å². The molecule has 0 fully saturated rings. The van der Waals surface area contributed by atoms with Crippen LogP contribution in [0.25, 0.3) is 85.9 Å². The van der Waals surface area contributed by atoms with E-state index in [1.165, 1.54) is 47.3 Å². The standard InChI is InChI=1S/C50H31NOS/c1-2-14-32(15-3-1)36-29-28-34(43-30-33-16-4-5-17-35(33)37-18-6-7-19-38(37)43)31-46(36)51(44-24-12-22-41-39-20-8-10-26-47(39)52-49(41)44)45-25-13-23-42-40-21-9-11-27-48(40)53-50(42)45/h1-31H. The van der Waals surface area contributed by atoms with E-state index in [1.54, 1.807) is 0 Å². The van der Waals surface area contributed by atoms with Gasteiger partial charge in [-0.15, -0.1) is 11.3 Å². The van der Waals surface area contributed by atoms with Crippen LogP contribution in [0.4, 0.5) is 17.1 Å². The van der Waals surface area contributed by atoms with Gasteiger partial charge in [-0.3, -0.25) is 0 Å². The van der Waals surface area contributed by atoms with Crippen molar-refractivity contribution in [1.29, 1.82) is 0 Å². The second kappa shape index (κ2) is 11.9. The van der Waals surface area contributed by atoms with Gasteiger partial charge in [0.05, 0.1) is 21.8 Å². The molecule has 0 saturated carbocycles. The lowest BCUT2D eigenvalue weighted by molar-refractivity contribution is 0.669. The summed E-state index contributed by atoms with van der Waals surface area (Å²) >= 11 is 1.85.